The molecule has 2 rings (SSSR count). The molecule has 0 amide bonds. The highest BCUT2D eigenvalue weighted by atomic mass is 16.6. The number of rotatable bonds is 0. The van der Waals surface area contributed by atoms with Crippen LogP contribution >= 0.6 is 0 Å². The minimum atomic E-state index is 0.158. The van der Waals surface area contributed by atoms with Gasteiger partial charge in [-0.15, -0.1) is 0 Å². The van der Waals surface area contributed by atoms with Gasteiger partial charge in [-0.3, -0.25) is 0 Å². The molecule has 1 aliphatic heterocycles. The lowest BCUT2D eigenvalue weighted by molar-refractivity contribution is 0.141. The van der Waals surface area contributed by atoms with Crippen LogP contribution in [0.2, 0.25) is 0 Å². The van der Waals surface area contributed by atoms with Crippen LogP contribution in [0, 0.1) is 11.5 Å². The van der Waals surface area contributed by atoms with E-state index in [1.54, 1.807) is 0 Å². The van der Waals surface area contributed by atoms with Crippen molar-refractivity contribution in [1.82, 2.24) is 0 Å². The van der Waals surface area contributed by atoms with E-state index in [1.807, 2.05) is 0 Å². The van der Waals surface area contributed by atoms with Gasteiger partial charge in [0.15, 0.2) is 0 Å². The van der Waals surface area contributed by atoms with Gasteiger partial charge in [0.1, 0.15) is 11.7 Å². The predicted molar refractivity (Wildman–Crippen MR) is 40.4 cm³/mol. The zero-order chi connectivity index (χ0) is 7.41. The molecule has 2 aliphatic rings. The molecule has 2 fully saturated rings. The highest BCUT2D eigenvalue weighted by Gasteiger charge is 2.63. The zero-order valence-corrected chi connectivity index (χ0v) is 7.03. The average Bonchev–Trinajstić information content (AvgIpc) is 2.42. The van der Waals surface area contributed by atoms with Crippen molar-refractivity contribution >= 4 is 0 Å². The standard InChI is InChI=1S/C9H15O/c1-8(2)6-4-5-7-9(8,3)10-7/h4-6H2,1-3H3. The Morgan fingerprint density at radius 3 is 2.50 bits per heavy atom. The Morgan fingerprint density at radius 1 is 1.30 bits per heavy atom. The monoisotopic (exact) mass is 139 g/mol. The fraction of sp³-hybridized carbons (Fsp3) is 0.889. The average molecular weight is 139 g/mol. The number of hydrogen-bond donors (Lipinski definition) is 0. The summed E-state index contributed by atoms with van der Waals surface area (Å²) in [5.74, 6) is 0. The molecule has 0 aromatic carbocycles. The van der Waals surface area contributed by atoms with Crippen molar-refractivity contribution in [3.63, 3.8) is 0 Å². The second-order valence-electron chi connectivity index (χ2n) is 4.30. The summed E-state index contributed by atoms with van der Waals surface area (Å²) in [6.07, 6.45) is 5.19. The summed E-state index contributed by atoms with van der Waals surface area (Å²) in [6.45, 7) is 6.83. The summed E-state index contributed by atoms with van der Waals surface area (Å²) in [5, 5.41) is 0. The van der Waals surface area contributed by atoms with Crippen molar-refractivity contribution < 1.29 is 4.74 Å². The molecule has 1 saturated carbocycles. The quantitative estimate of drug-likeness (QED) is 0.470. The third-order valence-electron chi connectivity index (χ3n) is 3.31. The van der Waals surface area contributed by atoms with Crippen LogP contribution in [0.3, 0.4) is 0 Å². The highest BCUT2D eigenvalue weighted by Crippen LogP contribution is 2.62. The first-order valence-electron chi connectivity index (χ1n) is 4.12. The molecule has 1 nitrogen and oxygen atoms in total. The number of ether oxygens (including phenoxy) is 1. The molecule has 0 spiro atoms. The summed E-state index contributed by atoms with van der Waals surface area (Å²) < 4.78 is 5.60. The summed E-state index contributed by atoms with van der Waals surface area (Å²) in [5.41, 5.74) is 0.547. The Labute approximate surface area is 62.8 Å². The second-order valence-corrected chi connectivity index (χ2v) is 4.30. The second kappa shape index (κ2) is 1.58. The Balaban J connectivity index is 2.21. The van der Waals surface area contributed by atoms with E-state index in [9.17, 15) is 0 Å². The lowest BCUT2D eigenvalue weighted by Crippen LogP contribution is -2.33. The van der Waals surface area contributed by atoms with Crippen LogP contribution in [0.15, 0.2) is 0 Å². The van der Waals surface area contributed by atoms with Crippen molar-refractivity contribution in [2.75, 3.05) is 0 Å². The smallest absolute Gasteiger partial charge is 0.130 e. The van der Waals surface area contributed by atoms with Crippen molar-refractivity contribution in [2.45, 2.75) is 45.6 Å². The van der Waals surface area contributed by atoms with Crippen LogP contribution in [0.5, 0.6) is 0 Å². The lowest BCUT2D eigenvalue weighted by Gasteiger charge is -2.32. The molecule has 57 valence electrons. The molecule has 10 heavy (non-hydrogen) atoms. The van der Waals surface area contributed by atoms with E-state index in [0.29, 0.717) is 5.41 Å². The van der Waals surface area contributed by atoms with E-state index in [1.165, 1.54) is 25.4 Å². The predicted octanol–water partition coefficient (Wildman–Crippen LogP) is 2.52. The molecule has 1 aliphatic carbocycles. The topological polar surface area (TPSA) is 12.5 Å². The SMILES string of the molecule is CC1(C)CCC[C]2OC21C. The Kier molecular flexibility index (Phi) is 1.05. The van der Waals surface area contributed by atoms with Gasteiger partial charge in [-0.05, 0) is 31.6 Å². The molecule has 0 N–H and O–H groups in total. The Morgan fingerprint density at radius 2 is 2.00 bits per heavy atom. The van der Waals surface area contributed by atoms with Gasteiger partial charge in [-0.1, -0.05) is 13.8 Å². The molecule has 0 bridgehead atoms. The molecule has 1 atom stereocenters. The molecule has 1 radical (unpaired) electrons. The van der Waals surface area contributed by atoms with Crippen LogP contribution in [-0.2, 0) is 4.74 Å². The van der Waals surface area contributed by atoms with Crippen LogP contribution in [0.1, 0.15) is 40.0 Å². The Bertz CT molecular complexity index is 159. The van der Waals surface area contributed by atoms with Crippen molar-refractivity contribution in [3.8, 4) is 0 Å². The van der Waals surface area contributed by atoms with Gasteiger partial charge in [0.25, 0.3) is 0 Å². The van der Waals surface area contributed by atoms with E-state index in [0.717, 1.165) is 0 Å². The minimum absolute atomic E-state index is 0.158. The van der Waals surface area contributed by atoms with Gasteiger partial charge in [0.05, 0.1) is 0 Å². The minimum Gasteiger partial charge on any atom is -0.359 e. The lowest BCUT2D eigenvalue weighted by atomic mass is 9.69. The molecule has 0 aromatic rings. The number of hydrogen-bond acceptors (Lipinski definition) is 1. The van der Waals surface area contributed by atoms with Gasteiger partial charge < -0.3 is 4.74 Å². The third-order valence-corrected chi connectivity index (χ3v) is 3.31. The van der Waals surface area contributed by atoms with E-state index in [-0.39, 0.29) is 5.60 Å². The van der Waals surface area contributed by atoms with Crippen molar-refractivity contribution in [2.24, 2.45) is 5.41 Å². The summed E-state index contributed by atoms with van der Waals surface area (Å²) in [4.78, 5) is 0. The maximum atomic E-state index is 5.60. The van der Waals surface area contributed by atoms with Crippen molar-refractivity contribution in [3.05, 3.63) is 6.10 Å². The van der Waals surface area contributed by atoms with Crippen molar-refractivity contribution in [1.29, 1.82) is 0 Å². The first-order valence-corrected chi connectivity index (χ1v) is 4.12. The first-order chi connectivity index (χ1) is 4.56. The van der Waals surface area contributed by atoms with E-state index in [2.05, 4.69) is 20.8 Å². The molecule has 0 aromatic heterocycles. The molecular formula is C9H15O. The maximum absolute atomic E-state index is 5.60. The maximum Gasteiger partial charge on any atom is 0.130 e. The highest BCUT2D eigenvalue weighted by molar-refractivity contribution is 5.23. The normalized spacial score (nSPS) is 44.7. The van der Waals surface area contributed by atoms with Crippen LogP contribution < -0.4 is 0 Å². The fourth-order valence-electron chi connectivity index (χ4n) is 1.96. The fourth-order valence-corrected chi connectivity index (χ4v) is 1.96. The largest absolute Gasteiger partial charge is 0.359 e. The molecule has 1 unspecified atom stereocenters. The van der Waals surface area contributed by atoms with E-state index >= 15 is 0 Å². The van der Waals surface area contributed by atoms with Gasteiger partial charge in [-0.2, -0.15) is 0 Å². The van der Waals surface area contributed by atoms with Gasteiger partial charge in [0, 0.05) is 0 Å². The number of fused-ring (bicyclic) bond motifs is 1. The van der Waals surface area contributed by atoms with Crippen LogP contribution in [0.4, 0.5) is 0 Å². The van der Waals surface area contributed by atoms with E-state index in [4.69, 9.17) is 4.74 Å². The van der Waals surface area contributed by atoms with Gasteiger partial charge in [-0.25, -0.2) is 0 Å². The third kappa shape index (κ3) is 0.619. The van der Waals surface area contributed by atoms with Crippen LogP contribution in [-0.4, -0.2) is 5.60 Å². The Hall–Kier alpha value is -0.0400. The molecule has 1 heterocycles. The molecule has 1 heteroatoms. The summed E-state index contributed by atoms with van der Waals surface area (Å²) in [6, 6.07) is 0. The van der Waals surface area contributed by atoms with Gasteiger partial charge >= 0.3 is 0 Å². The van der Waals surface area contributed by atoms with E-state index < -0.39 is 0 Å². The summed E-state index contributed by atoms with van der Waals surface area (Å²) in [7, 11) is 0. The first kappa shape index (κ1) is 6.66. The van der Waals surface area contributed by atoms with Crippen LogP contribution in [0.25, 0.3) is 0 Å². The number of epoxide rings is 1. The zero-order valence-electron chi connectivity index (χ0n) is 7.03. The molecular weight excluding hydrogens is 124 g/mol. The molecule has 1 saturated heterocycles. The van der Waals surface area contributed by atoms with Gasteiger partial charge in [0.2, 0.25) is 0 Å². The summed E-state index contributed by atoms with van der Waals surface area (Å²) >= 11 is 0.